The SMILES string of the molecule is CCc1cccc(NC(=O)c2cc(S)ccc2Br)c1. The molecule has 4 heteroatoms. The summed E-state index contributed by atoms with van der Waals surface area (Å²) in [5, 5.41) is 2.90. The Hall–Kier alpha value is -1.26. The van der Waals surface area contributed by atoms with Crippen LogP contribution in [0.2, 0.25) is 0 Å². The van der Waals surface area contributed by atoms with Gasteiger partial charge in [-0.1, -0.05) is 19.1 Å². The summed E-state index contributed by atoms with van der Waals surface area (Å²) in [4.78, 5) is 13.0. The fourth-order valence-corrected chi connectivity index (χ4v) is 2.39. The van der Waals surface area contributed by atoms with Gasteiger partial charge in [0.25, 0.3) is 5.91 Å². The number of aryl methyl sites for hydroxylation is 1. The first kappa shape index (κ1) is 14.2. The predicted molar refractivity (Wildman–Crippen MR) is 85.2 cm³/mol. The second-order valence-electron chi connectivity index (χ2n) is 4.17. The Balaban J connectivity index is 2.23. The normalized spacial score (nSPS) is 10.3. The van der Waals surface area contributed by atoms with Crippen molar-refractivity contribution in [2.75, 3.05) is 5.32 Å². The number of thiol groups is 1. The Morgan fingerprint density at radius 3 is 2.79 bits per heavy atom. The van der Waals surface area contributed by atoms with Crippen LogP contribution in [0, 0.1) is 0 Å². The van der Waals surface area contributed by atoms with Gasteiger partial charge in [-0.3, -0.25) is 4.79 Å². The van der Waals surface area contributed by atoms with Gasteiger partial charge in [0.1, 0.15) is 0 Å². The highest BCUT2D eigenvalue weighted by atomic mass is 79.9. The smallest absolute Gasteiger partial charge is 0.256 e. The van der Waals surface area contributed by atoms with Crippen LogP contribution in [0.25, 0.3) is 0 Å². The molecule has 1 N–H and O–H groups in total. The van der Waals surface area contributed by atoms with E-state index in [9.17, 15) is 4.79 Å². The van der Waals surface area contributed by atoms with E-state index in [1.54, 1.807) is 6.07 Å². The van der Waals surface area contributed by atoms with Gasteiger partial charge in [0.05, 0.1) is 5.56 Å². The third kappa shape index (κ3) is 3.61. The van der Waals surface area contributed by atoms with E-state index in [1.165, 1.54) is 5.56 Å². The van der Waals surface area contributed by atoms with E-state index in [0.717, 1.165) is 21.5 Å². The van der Waals surface area contributed by atoms with Gasteiger partial charge in [0.15, 0.2) is 0 Å². The summed E-state index contributed by atoms with van der Waals surface area (Å²) < 4.78 is 0.759. The van der Waals surface area contributed by atoms with Crippen LogP contribution < -0.4 is 5.32 Å². The van der Waals surface area contributed by atoms with Gasteiger partial charge in [-0.25, -0.2) is 0 Å². The van der Waals surface area contributed by atoms with Crippen molar-refractivity contribution in [3.05, 3.63) is 58.1 Å². The van der Waals surface area contributed by atoms with Gasteiger partial charge < -0.3 is 5.32 Å². The summed E-state index contributed by atoms with van der Waals surface area (Å²) in [7, 11) is 0. The second-order valence-corrected chi connectivity index (χ2v) is 5.54. The van der Waals surface area contributed by atoms with E-state index in [4.69, 9.17) is 0 Å². The van der Waals surface area contributed by atoms with Crippen molar-refractivity contribution in [3.63, 3.8) is 0 Å². The molecule has 2 nitrogen and oxygen atoms in total. The Labute approximate surface area is 126 Å². The first-order chi connectivity index (χ1) is 9.10. The maximum Gasteiger partial charge on any atom is 0.256 e. The van der Waals surface area contributed by atoms with Crippen LogP contribution in [0.4, 0.5) is 5.69 Å². The van der Waals surface area contributed by atoms with E-state index < -0.39 is 0 Å². The molecule has 2 rings (SSSR count). The predicted octanol–water partition coefficient (Wildman–Crippen LogP) is 4.55. The van der Waals surface area contributed by atoms with E-state index in [1.807, 2.05) is 36.4 Å². The Kier molecular flexibility index (Phi) is 4.66. The van der Waals surface area contributed by atoms with Crippen molar-refractivity contribution in [1.82, 2.24) is 0 Å². The van der Waals surface area contributed by atoms with Crippen LogP contribution in [0.5, 0.6) is 0 Å². The quantitative estimate of drug-likeness (QED) is 0.791. The number of halogens is 1. The molecule has 0 spiro atoms. The van der Waals surface area contributed by atoms with Crippen molar-refractivity contribution in [1.29, 1.82) is 0 Å². The molecule has 0 aliphatic heterocycles. The number of hydrogen-bond acceptors (Lipinski definition) is 2. The molecule has 98 valence electrons. The molecule has 0 atom stereocenters. The van der Waals surface area contributed by atoms with Gasteiger partial charge in [-0.2, -0.15) is 0 Å². The molecule has 0 heterocycles. The minimum Gasteiger partial charge on any atom is -0.322 e. The topological polar surface area (TPSA) is 29.1 Å². The third-order valence-corrected chi connectivity index (χ3v) is 3.76. The summed E-state index contributed by atoms with van der Waals surface area (Å²) >= 11 is 7.63. The second kappa shape index (κ2) is 6.26. The summed E-state index contributed by atoms with van der Waals surface area (Å²) in [5.74, 6) is -0.143. The zero-order chi connectivity index (χ0) is 13.8. The van der Waals surface area contributed by atoms with E-state index in [2.05, 4.69) is 40.8 Å². The molecular formula is C15H14BrNOS. The average molecular weight is 336 g/mol. The molecule has 0 radical (unpaired) electrons. The number of rotatable bonds is 3. The van der Waals surface area contributed by atoms with E-state index in [-0.39, 0.29) is 5.91 Å². The lowest BCUT2D eigenvalue weighted by molar-refractivity contribution is 0.102. The Morgan fingerprint density at radius 1 is 1.26 bits per heavy atom. The minimum absolute atomic E-state index is 0.143. The fourth-order valence-electron chi connectivity index (χ4n) is 1.75. The number of amides is 1. The van der Waals surface area contributed by atoms with Crippen molar-refractivity contribution >= 4 is 40.2 Å². The number of hydrogen-bond donors (Lipinski definition) is 2. The van der Waals surface area contributed by atoms with Crippen LogP contribution in [-0.2, 0) is 6.42 Å². The molecule has 2 aromatic rings. The van der Waals surface area contributed by atoms with Gasteiger partial charge >= 0.3 is 0 Å². The fraction of sp³-hybridized carbons (Fsp3) is 0.133. The molecule has 2 aromatic carbocycles. The summed E-state index contributed by atoms with van der Waals surface area (Å²) in [6.45, 7) is 2.09. The van der Waals surface area contributed by atoms with Crippen LogP contribution in [0.1, 0.15) is 22.8 Å². The largest absolute Gasteiger partial charge is 0.322 e. The van der Waals surface area contributed by atoms with Crippen molar-refractivity contribution < 1.29 is 4.79 Å². The number of nitrogens with one attached hydrogen (secondary N) is 1. The third-order valence-electron chi connectivity index (χ3n) is 2.79. The molecule has 0 fully saturated rings. The molecule has 1 amide bonds. The highest BCUT2D eigenvalue weighted by Gasteiger charge is 2.10. The molecule has 0 aliphatic carbocycles. The number of carbonyl (C=O) groups excluding carboxylic acids is 1. The maximum absolute atomic E-state index is 12.2. The van der Waals surface area contributed by atoms with Crippen LogP contribution >= 0.6 is 28.6 Å². The van der Waals surface area contributed by atoms with Gasteiger partial charge in [-0.15, -0.1) is 12.6 Å². The monoisotopic (exact) mass is 335 g/mol. The lowest BCUT2D eigenvalue weighted by Gasteiger charge is -2.08. The Bertz CT molecular complexity index is 613. The molecule has 0 saturated carbocycles. The summed E-state index contributed by atoms with van der Waals surface area (Å²) in [6, 6.07) is 13.2. The maximum atomic E-state index is 12.2. The van der Waals surface area contributed by atoms with Crippen LogP contribution in [0.15, 0.2) is 51.8 Å². The molecular weight excluding hydrogens is 322 g/mol. The van der Waals surface area contributed by atoms with Gasteiger partial charge in [0.2, 0.25) is 0 Å². The van der Waals surface area contributed by atoms with Crippen LogP contribution in [-0.4, -0.2) is 5.91 Å². The zero-order valence-electron chi connectivity index (χ0n) is 10.5. The lowest BCUT2D eigenvalue weighted by atomic mass is 10.1. The molecule has 0 aromatic heterocycles. The first-order valence-electron chi connectivity index (χ1n) is 5.99. The minimum atomic E-state index is -0.143. The van der Waals surface area contributed by atoms with Gasteiger partial charge in [0, 0.05) is 15.1 Å². The molecule has 19 heavy (non-hydrogen) atoms. The zero-order valence-corrected chi connectivity index (χ0v) is 13.0. The number of benzene rings is 2. The molecule has 0 aliphatic rings. The van der Waals surface area contributed by atoms with Gasteiger partial charge in [-0.05, 0) is 58.2 Å². The highest BCUT2D eigenvalue weighted by molar-refractivity contribution is 9.10. The lowest BCUT2D eigenvalue weighted by Crippen LogP contribution is -2.12. The standard InChI is InChI=1S/C15H14BrNOS/c1-2-10-4-3-5-11(8-10)17-15(18)13-9-12(19)6-7-14(13)16/h3-9,19H,2H2,1H3,(H,17,18). The van der Waals surface area contributed by atoms with E-state index >= 15 is 0 Å². The summed E-state index contributed by atoms with van der Waals surface area (Å²) in [6.07, 6.45) is 0.944. The Morgan fingerprint density at radius 2 is 2.05 bits per heavy atom. The molecule has 0 bridgehead atoms. The van der Waals surface area contributed by atoms with Crippen molar-refractivity contribution in [2.24, 2.45) is 0 Å². The number of carbonyl (C=O) groups is 1. The van der Waals surface area contributed by atoms with Crippen LogP contribution in [0.3, 0.4) is 0 Å². The molecule has 0 saturated heterocycles. The summed E-state index contributed by atoms with van der Waals surface area (Å²) in [5.41, 5.74) is 2.58. The first-order valence-corrected chi connectivity index (χ1v) is 7.23. The van der Waals surface area contributed by atoms with Crippen molar-refractivity contribution in [3.8, 4) is 0 Å². The molecule has 0 unspecified atom stereocenters. The average Bonchev–Trinajstić information content (AvgIpc) is 2.41. The van der Waals surface area contributed by atoms with Crippen molar-refractivity contribution in [2.45, 2.75) is 18.2 Å². The van der Waals surface area contributed by atoms with E-state index in [0.29, 0.717) is 5.56 Å². The highest BCUT2D eigenvalue weighted by Crippen LogP contribution is 2.22. The number of anilines is 1.